The molecule has 0 atom stereocenters. The van der Waals surface area contributed by atoms with Crippen LogP contribution in [0, 0.1) is 6.92 Å². The minimum Gasteiger partial charge on any atom is -0.306 e. The molecule has 3 nitrogen and oxygen atoms in total. The Bertz CT molecular complexity index is 828. The lowest BCUT2D eigenvalue weighted by Crippen LogP contribution is -2.11. The number of anilines is 1. The van der Waals surface area contributed by atoms with Crippen molar-refractivity contribution in [3.05, 3.63) is 57.0 Å². The summed E-state index contributed by atoms with van der Waals surface area (Å²) in [6, 6.07) is 9.11. The Balaban J connectivity index is 1.96. The zero-order valence-corrected chi connectivity index (χ0v) is 13.3. The molecule has 0 radical (unpaired) electrons. The van der Waals surface area contributed by atoms with E-state index in [4.69, 9.17) is 23.2 Å². The van der Waals surface area contributed by atoms with Crippen LogP contribution in [-0.2, 0) is 0 Å². The summed E-state index contributed by atoms with van der Waals surface area (Å²) < 4.78 is 0.884. The summed E-state index contributed by atoms with van der Waals surface area (Å²) in [5, 5.41) is 4.38. The SMILES string of the molecule is Cc1ccc(NC(=O)c2sc3cccc(Cl)c3c2Cl)nc1. The second-order valence-electron chi connectivity index (χ2n) is 4.53. The normalized spacial score (nSPS) is 10.8. The number of aromatic nitrogens is 1. The summed E-state index contributed by atoms with van der Waals surface area (Å²) >= 11 is 13.7. The van der Waals surface area contributed by atoms with Gasteiger partial charge in [-0.05, 0) is 30.7 Å². The number of hydrogen-bond donors (Lipinski definition) is 1. The summed E-state index contributed by atoms with van der Waals surface area (Å²) in [6.07, 6.45) is 1.69. The Kier molecular flexibility index (Phi) is 3.85. The van der Waals surface area contributed by atoms with Crippen molar-refractivity contribution in [3.8, 4) is 0 Å². The molecule has 1 amide bonds. The minimum atomic E-state index is -0.284. The van der Waals surface area contributed by atoms with E-state index in [1.54, 1.807) is 18.3 Å². The van der Waals surface area contributed by atoms with Crippen LogP contribution in [0.1, 0.15) is 15.2 Å². The maximum Gasteiger partial charge on any atom is 0.268 e. The molecule has 0 aliphatic rings. The number of pyridine rings is 1. The summed E-state index contributed by atoms with van der Waals surface area (Å²) in [7, 11) is 0. The van der Waals surface area contributed by atoms with Crippen molar-refractivity contribution < 1.29 is 4.79 Å². The third-order valence-electron chi connectivity index (χ3n) is 2.97. The van der Waals surface area contributed by atoms with Gasteiger partial charge in [0.05, 0.1) is 10.0 Å². The molecule has 0 aliphatic heterocycles. The van der Waals surface area contributed by atoms with Gasteiger partial charge in [0.1, 0.15) is 10.7 Å². The van der Waals surface area contributed by atoms with Gasteiger partial charge < -0.3 is 5.32 Å². The molecule has 0 spiro atoms. The first-order valence-corrected chi connectivity index (χ1v) is 7.74. The third-order valence-corrected chi connectivity index (χ3v) is 4.92. The third kappa shape index (κ3) is 2.75. The van der Waals surface area contributed by atoms with Crippen molar-refractivity contribution in [1.82, 2.24) is 4.98 Å². The number of benzene rings is 1. The second-order valence-corrected chi connectivity index (χ2v) is 6.37. The number of rotatable bonds is 2. The molecule has 0 aliphatic carbocycles. The molecule has 1 aromatic carbocycles. The molecule has 0 unspecified atom stereocenters. The fourth-order valence-corrected chi connectivity index (χ4v) is 3.78. The van der Waals surface area contributed by atoms with E-state index in [0.717, 1.165) is 10.3 Å². The summed E-state index contributed by atoms with van der Waals surface area (Å²) in [5.74, 6) is 0.207. The Morgan fingerprint density at radius 3 is 2.71 bits per heavy atom. The lowest BCUT2D eigenvalue weighted by Gasteiger charge is -2.03. The molecule has 0 saturated carbocycles. The maximum atomic E-state index is 12.3. The molecule has 0 bridgehead atoms. The fraction of sp³-hybridized carbons (Fsp3) is 0.0667. The highest BCUT2D eigenvalue weighted by atomic mass is 35.5. The van der Waals surface area contributed by atoms with E-state index in [9.17, 15) is 4.79 Å². The van der Waals surface area contributed by atoms with Crippen LogP contribution in [0.25, 0.3) is 10.1 Å². The average Bonchev–Trinajstić information content (AvgIpc) is 2.80. The van der Waals surface area contributed by atoms with Crippen molar-refractivity contribution >= 4 is 56.3 Å². The van der Waals surface area contributed by atoms with E-state index in [1.807, 2.05) is 25.1 Å². The number of halogens is 2. The number of nitrogens with one attached hydrogen (secondary N) is 1. The largest absolute Gasteiger partial charge is 0.306 e. The van der Waals surface area contributed by atoms with E-state index >= 15 is 0 Å². The van der Waals surface area contributed by atoms with E-state index in [0.29, 0.717) is 26.1 Å². The Morgan fingerprint density at radius 1 is 1.24 bits per heavy atom. The molecule has 6 heteroatoms. The van der Waals surface area contributed by atoms with Crippen molar-refractivity contribution in [2.24, 2.45) is 0 Å². The van der Waals surface area contributed by atoms with Gasteiger partial charge in [0.25, 0.3) is 5.91 Å². The molecular weight excluding hydrogens is 327 g/mol. The van der Waals surface area contributed by atoms with Crippen LogP contribution >= 0.6 is 34.5 Å². The number of aryl methyl sites for hydroxylation is 1. The zero-order valence-electron chi connectivity index (χ0n) is 11.0. The van der Waals surface area contributed by atoms with Gasteiger partial charge in [0, 0.05) is 16.3 Å². The first-order chi connectivity index (χ1) is 10.1. The van der Waals surface area contributed by atoms with Crippen LogP contribution in [0.5, 0.6) is 0 Å². The lowest BCUT2D eigenvalue weighted by atomic mass is 10.2. The highest BCUT2D eigenvalue weighted by Crippen LogP contribution is 2.39. The fourth-order valence-electron chi connectivity index (χ4n) is 1.93. The van der Waals surface area contributed by atoms with Gasteiger partial charge >= 0.3 is 0 Å². The Hall–Kier alpha value is -1.62. The van der Waals surface area contributed by atoms with Crippen LogP contribution in [0.15, 0.2) is 36.5 Å². The van der Waals surface area contributed by atoms with Crippen molar-refractivity contribution in [2.45, 2.75) is 6.92 Å². The van der Waals surface area contributed by atoms with Gasteiger partial charge in [-0.3, -0.25) is 4.79 Å². The number of thiophene rings is 1. The topological polar surface area (TPSA) is 42.0 Å². The molecule has 2 aromatic heterocycles. The number of carbonyl (C=O) groups is 1. The predicted molar refractivity (Wildman–Crippen MR) is 88.8 cm³/mol. The molecule has 0 saturated heterocycles. The molecule has 106 valence electrons. The van der Waals surface area contributed by atoms with Crippen molar-refractivity contribution in [3.63, 3.8) is 0 Å². The number of amides is 1. The van der Waals surface area contributed by atoms with Crippen molar-refractivity contribution in [1.29, 1.82) is 0 Å². The lowest BCUT2D eigenvalue weighted by molar-refractivity contribution is 0.103. The smallest absolute Gasteiger partial charge is 0.268 e. The highest BCUT2D eigenvalue weighted by molar-refractivity contribution is 7.21. The van der Waals surface area contributed by atoms with E-state index in [2.05, 4.69) is 10.3 Å². The van der Waals surface area contributed by atoms with Gasteiger partial charge in [-0.2, -0.15) is 0 Å². The Morgan fingerprint density at radius 2 is 2.05 bits per heavy atom. The molecule has 21 heavy (non-hydrogen) atoms. The van der Waals surface area contributed by atoms with Crippen LogP contribution in [0.3, 0.4) is 0 Å². The molecule has 3 rings (SSSR count). The summed E-state index contributed by atoms with van der Waals surface area (Å²) in [6.45, 7) is 1.93. The summed E-state index contributed by atoms with van der Waals surface area (Å²) in [4.78, 5) is 16.9. The minimum absolute atomic E-state index is 0.284. The van der Waals surface area contributed by atoms with Crippen LogP contribution < -0.4 is 5.32 Å². The van der Waals surface area contributed by atoms with Crippen LogP contribution in [0.2, 0.25) is 10.0 Å². The van der Waals surface area contributed by atoms with E-state index < -0.39 is 0 Å². The molecule has 3 aromatic rings. The quantitative estimate of drug-likeness (QED) is 0.701. The van der Waals surface area contributed by atoms with Crippen LogP contribution in [0.4, 0.5) is 5.82 Å². The van der Waals surface area contributed by atoms with Gasteiger partial charge in [0.2, 0.25) is 0 Å². The van der Waals surface area contributed by atoms with Gasteiger partial charge in [0.15, 0.2) is 0 Å². The molecular formula is C15H10Cl2N2OS. The van der Waals surface area contributed by atoms with Gasteiger partial charge in [-0.15, -0.1) is 11.3 Å². The highest BCUT2D eigenvalue weighted by Gasteiger charge is 2.19. The standard InChI is InChI=1S/C15H10Cl2N2OS/c1-8-5-6-11(18-7-8)19-15(20)14-13(17)12-9(16)3-2-4-10(12)21-14/h2-7H,1H3,(H,18,19,20). The van der Waals surface area contributed by atoms with Gasteiger partial charge in [-0.25, -0.2) is 4.98 Å². The van der Waals surface area contributed by atoms with E-state index in [1.165, 1.54) is 11.3 Å². The monoisotopic (exact) mass is 336 g/mol. The van der Waals surface area contributed by atoms with E-state index in [-0.39, 0.29) is 5.91 Å². The van der Waals surface area contributed by atoms with Crippen molar-refractivity contribution in [2.75, 3.05) is 5.32 Å². The molecule has 1 N–H and O–H groups in total. The van der Waals surface area contributed by atoms with Gasteiger partial charge in [-0.1, -0.05) is 35.3 Å². The van der Waals surface area contributed by atoms with Crippen LogP contribution in [-0.4, -0.2) is 10.9 Å². The first-order valence-electron chi connectivity index (χ1n) is 6.17. The zero-order chi connectivity index (χ0) is 15.0. The summed E-state index contributed by atoms with van der Waals surface area (Å²) in [5.41, 5.74) is 1.03. The Labute approximate surface area is 135 Å². The number of hydrogen-bond acceptors (Lipinski definition) is 3. The number of fused-ring (bicyclic) bond motifs is 1. The average molecular weight is 337 g/mol. The predicted octanol–water partition coefficient (Wildman–Crippen LogP) is 5.16. The maximum absolute atomic E-state index is 12.3. The first kappa shape index (κ1) is 14.3. The number of nitrogens with zero attached hydrogens (tertiary/aromatic N) is 1. The molecule has 0 fully saturated rings. The number of carbonyl (C=O) groups excluding carboxylic acids is 1. The second kappa shape index (κ2) is 5.64. The molecule has 2 heterocycles.